The van der Waals surface area contributed by atoms with Crippen molar-refractivity contribution in [2.45, 2.75) is 6.04 Å². The van der Waals surface area contributed by atoms with Crippen molar-refractivity contribution in [2.24, 2.45) is 0 Å². The Hall–Kier alpha value is -1.35. The summed E-state index contributed by atoms with van der Waals surface area (Å²) in [5, 5.41) is 0. The number of hydrogen-bond donors (Lipinski definition) is 0. The van der Waals surface area contributed by atoms with Crippen molar-refractivity contribution in [3.63, 3.8) is 0 Å². The summed E-state index contributed by atoms with van der Waals surface area (Å²) >= 11 is 0. The molecule has 0 spiro atoms. The fraction of sp³-hybridized carbons (Fsp3) is 0.364. The first kappa shape index (κ1) is 10.7. The van der Waals surface area contributed by atoms with Crippen LogP contribution in [0.15, 0.2) is 30.3 Å². The maximum atomic E-state index is 10.6. The number of aldehydes is 1. The molecule has 76 valence electrons. The van der Waals surface area contributed by atoms with Gasteiger partial charge in [-0.3, -0.25) is 4.90 Å². The van der Waals surface area contributed by atoms with Gasteiger partial charge in [0.05, 0.1) is 6.04 Å². The molecule has 0 amide bonds. The summed E-state index contributed by atoms with van der Waals surface area (Å²) in [5.41, 5.74) is 0. The second-order valence-electron chi connectivity index (χ2n) is 3.29. The van der Waals surface area contributed by atoms with E-state index in [2.05, 4.69) is 0 Å². The van der Waals surface area contributed by atoms with Crippen LogP contribution in [0.4, 0.5) is 0 Å². The molecule has 0 N–H and O–H groups in total. The van der Waals surface area contributed by atoms with Gasteiger partial charge >= 0.3 is 0 Å². The number of para-hydroxylation sites is 1. The van der Waals surface area contributed by atoms with Crippen molar-refractivity contribution in [3.8, 4) is 5.75 Å². The van der Waals surface area contributed by atoms with Crippen molar-refractivity contribution in [1.29, 1.82) is 0 Å². The number of carbonyl (C=O) groups is 1. The van der Waals surface area contributed by atoms with E-state index in [9.17, 15) is 4.79 Å². The molecule has 0 heterocycles. The lowest BCUT2D eigenvalue weighted by Gasteiger charge is -2.18. The van der Waals surface area contributed by atoms with Crippen LogP contribution in [0.1, 0.15) is 0 Å². The van der Waals surface area contributed by atoms with E-state index in [1.54, 1.807) is 0 Å². The highest BCUT2D eigenvalue weighted by Gasteiger charge is 2.09. The van der Waals surface area contributed by atoms with E-state index >= 15 is 0 Å². The van der Waals surface area contributed by atoms with E-state index in [-0.39, 0.29) is 6.04 Å². The standard InChI is InChI=1S/C11H15NO2/c1-12(2)10(8-13)9-14-11-6-4-3-5-7-11/h3-8,10H,9H2,1-2H3. The topological polar surface area (TPSA) is 29.5 Å². The van der Waals surface area contributed by atoms with Gasteiger partial charge in [-0.1, -0.05) is 18.2 Å². The Morgan fingerprint density at radius 2 is 2.00 bits per heavy atom. The number of benzene rings is 1. The van der Waals surface area contributed by atoms with Crippen molar-refractivity contribution in [2.75, 3.05) is 20.7 Å². The van der Waals surface area contributed by atoms with Gasteiger partial charge in [0.1, 0.15) is 18.6 Å². The summed E-state index contributed by atoms with van der Waals surface area (Å²) in [6, 6.07) is 9.29. The lowest BCUT2D eigenvalue weighted by molar-refractivity contribution is -0.112. The van der Waals surface area contributed by atoms with Crippen LogP contribution in [-0.4, -0.2) is 37.9 Å². The first-order chi connectivity index (χ1) is 6.74. The van der Waals surface area contributed by atoms with E-state index in [4.69, 9.17) is 4.74 Å². The average molecular weight is 193 g/mol. The molecule has 1 aromatic carbocycles. The second kappa shape index (κ2) is 5.40. The molecule has 0 radical (unpaired) electrons. The first-order valence-electron chi connectivity index (χ1n) is 4.53. The predicted molar refractivity (Wildman–Crippen MR) is 55.5 cm³/mol. The maximum absolute atomic E-state index is 10.6. The monoisotopic (exact) mass is 193 g/mol. The summed E-state index contributed by atoms with van der Waals surface area (Å²) in [6.45, 7) is 0.389. The summed E-state index contributed by atoms with van der Waals surface area (Å²) in [7, 11) is 3.71. The molecule has 0 bridgehead atoms. The fourth-order valence-corrected chi connectivity index (χ4v) is 1.01. The lowest BCUT2D eigenvalue weighted by Crippen LogP contribution is -2.34. The van der Waals surface area contributed by atoms with E-state index in [1.807, 2.05) is 49.3 Å². The van der Waals surface area contributed by atoms with Gasteiger partial charge in [0.25, 0.3) is 0 Å². The van der Waals surface area contributed by atoms with Gasteiger partial charge in [0.2, 0.25) is 0 Å². The van der Waals surface area contributed by atoms with Gasteiger partial charge < -0.3 is 9.53 Å². The van der Waals surface area contributed by atoms with Crippen molar-refractivity contribution >= 4 is 6.29 Å². The van der Waals surface area contributed by atoms with Gasteiger partial charge in [0, 0.05) is 0 Å². The number of ether oxygens (including phenoxy) is 1. The number of rotatable bonds is 5. The van der Waals surface area contributed by atoms with Gasteiger partial charge in [-0.2, -0.15) is 0 Å². The van der Waals surface area contributed by atoms with Gasteiger partial charge in [-0.25, -0.2) is 0 Å². The molecule has 0 aliphatic carbocycles. The molecule has 0 saturated heterocycles. The smallest absolute Gasteiger partial charge is 0.140 e. The van der Waals surface area contributed by atoms with Crippen LogP contribution in [0.5, 0.6) is 5.75 Å². The van der Waals surface area contributed by atoms with Crippen molar-refractivity contribution < 1.29 is 9.53 Å². The van der Waals surface area contributed by atoms with Gasteiger partial charge in [-0.05, 0) is 26.2 Å². The highest BCUT2D eigenvalue weighted by atomic mass is 16.5. The van der Waals surface area contributed by atoms with Crippen LogP contribution < -0.4 is 4.74 Å². The number of hydrogen-bond acceptors (Lipinski definition) is 3. The molecule has 1 atom stereocenters. The van der Waals surface area contributed by atoms with Crippen LogP contribution in [0.3, 0.4) is 0 Å². The molecule has 0 saturated carbocycles. The zero-order valence-electron chi connectivity index (χ0n) is 8.51. The third-order valence-electron chi connectivity index (χ3n) is 1.98. The number of likely N-dealkylation sites (N-methyl/N-ethyl adjacent to an activating group) is 1. The van der Waals surface area contributed by atoms with E-state index in [0.29, 0.717) is 6.61 Å². The minimum atomic E-state index is -0.185. The van der Waals surface area contributed by atoms with Gasteiger partial charge in [-0.15, -0.1) is 0 Å². The summed E-state index contributed by atoms with van der Waals surface area (Å²) in [5.74, 6) is 0.793. The summed E-state index contributed by atoms with van der Waals surface area (Å²) < 4.78 is 5.45. The molecule has 14 heavy (non-hydrogen) atoms. The van der Waals surface area contributed by atoms with Crippen LogP contribution in [0.2, 0.25) is 0 Å². The molecule has 1 unspecified atom stereocenters. The Kier molecular flexibility index (Phi) is 4.13. The second-order valence-corrected chi connectivity index (χ2v) is 3.29. The lowest BCUT2D eigenvalue weighted by atomic mass is 10.3. The number of nitrogens with zero attached hydrogens (tertiary/aromatic N) is 1. The first-order valence-corrected chi connectivity index (χ1v) is 4.53. The Morgan fingerprint density at radius 3 is 2.50 bits per heavy atom. The van der Waals surface area contributed by atoms with Crippen molar-refractivity contribution in [1.82, 2.24) is 4.90 Å². The normalized spacial score (nSPS) is 12.5. The largest absolute Gasteiger partial charge is 0.491 e. The zero-order chi connectivity index (χ0) is 10.4. The molecular formula is C11H15NO2. The maximum Gasteiger partial charge on any atom is 0.140 e. The molecule has 1 aromatic rings. The number of carbonyl (C=O) groups excluding carboxylic acids is 1. The Morgan fingerprint density at radius 1 is 1.36 bits per heavy atom. The molecule has 1 rings (SSSR count). The van der Waals surface area contributed by atoms with E-state index in [1.165, 1.54) is 0 Å². The van der Waals surface area contributed by atoms with Crippen LogP contribution in [-0.2, 0) is 4.79 Å². The fourth-order valence-electron chi connectivity index (χ4n) is 1.01. The van der Waals surface area contributed by atoms with E-state index < -0.39 is 0 Å². The quantitative estimate of drug-likeness (QED) is 0.658. The van der Waals surface area contributed by atoms with E-state index in [0.717, 1.165) is 12.0 Å². The molecule has 0 aliphatic heterocycles. The Bertz CT molecular complexity index is 272. The molecule has 0 aliphatic rings. The van der Waals surface area contributed by atoms with Crippen LogP contribution in [0.25, 0.3) is 0 Å². The molecular weight excluding hydrogens is 178 g/mol. The summed E-state index contributed by atoms with van der Waals surface area (Å²) in [6.07, 6.45) is 0.892. The predicted octanol–water partition coefficient (Wildman–Crippen LogP) is 1.19. The highest BCUT2D eigenvalue weighted by Crippen LogP contribution is 2.08. The SMILES string of the molecule is CN(C)C(C=O)COc1ccccc1. The van der Waals surface area contributed by atoms with Crippen LogP contribution >= 0.6 is 0 Å². The third-order valence-corrected chi connectivity index (χ3v) is 1.98. The molecule has 0 fully saturated rings. The minimum absolute atomic E-state index is 0.185. The molecule has 3 heteroatoms. The highest BCUT2D eigenvalue weighted by molar-refractivity contribution is 5.57. The zero-order valence-corrected chi connectivity index (χ0v) is 8.51. The van der Waals surface area contributed by atoms with Gasteiger partial charge in [0.15, 0.2) is 0 Å². The molecule has 3 nitrogen and oxygen atoms in total. The minimum Gasteiger partial charge on any atom is -0.491 e. The Balaban J connectivity index is 2.43. The van der Waals surface area contributed by atoms with Crippen LogP contribution in [0, 0.1) is 0 Å². The van der Waals surface area contributed by atoms with Crippen molar-refractivity contribution in [3.05, 3.63) is 30.3 Å². The Labute approximate surface area is 84.3 Å². The average Bonchev–Trinajstić information content (AvgIpc) is 2.20. The molecule has 0 aromatic heterocycles. The summed E-state index contributed by atoms with van der Waals surface area (Å²) in [4.78, 5) is 12.5. The third kappa shape index (κ3) is 3.18.